The lowest BCUT2D eigenvalue weighted by Gasteiger charge is -2.39. The molecule has 0 radical (unpaired) electrons. The number of rotatable bonds is 2. The molecule has 0 spiro atoms. The van der Waals surface area contributed by atoms with Crippen molar-refractivity contribution in [2.24, 2.45) is 0 Å². The molecule has 2 fully saturated rings. The molecule has 5 nitrogen and oxygen atoms in total. The van der Waals surface area contributed by atoms with Crippen LogP contribution in [-0.4, -0.2) is 67.3 Å². The summed E-state index contributed by atoms with van der Waals surface area (Å²) in [6.45, 7) is 4.29. The number of halogens is 1. The molecule has 3 aliphatic heterocycles. The van der Waals surface area contributed by atoms with E-state index in [1.54, 1.807) is 12.1 Å². The highest BCUT2D eigenvalue weighted by molar-refractivity contribution is 5.82. The van der Waals surface area contributed by atoms with Gasteiger partial charge in [0.05, 0.1) is 31.9 Å². The molecular formula is C24H27FN2O3. The van der Waals surface area contributed by atoms with Crippen molar-refractivity contribution in [1.29, 1.82) is 0 Å². The highest BCUT2D eigenvalue weighted by atomic mass is 19.1. The maximum absolute atomic E-state index is 13.6. The van der Waals surface area contributed by atoms with Gasteiger partial charge in [0, 0.05) is 19.6 Å². The van der Waals surface area contributed by atoms with Crippen molar-refractivity contribution in [2.75, 3.05) is 39.5 Å². The molecule has 0 aromatic heterocycles. The number of morpholine rings is 1. The number of benzene rings is 2. The number of carbonyl (C=O) groups excluding carboxylic acids is 1. The Morgan fingerprint density at radius 2 is 1.83 bits per heavy atom. The second-order valence-electron chi connectivity index (χ2n) is 8.31. The van der Waals surface area contributed by atoms with E-state index in [-0.39, 0.29) is 23.8 Å². The molecule has 2 aromatic rings. The first kappa shape index (κ1) is 19.7. The van der Waals surface area contributed by atoms with Crippen LogP contribution in [0.5, 0.6) is 0 Å². The molecule has 158 valence electrons. The van der Waals surface area contributed by atoms with Crippen molar-refractivity contribution >= 4 is 5.91 Å². The third-order valence-corrected chi connectivity index (χ3v) is 6.55. The fourth-order valence-electron chi connectivity index (χ4n) is 4.92. The minimum absolute atomic E-state index is 0.0274. The molecular weight excluding hydrogens is 383 g/mol. The topological polar surface area (TPSA) is 42.0 Å². The van der Waals surface area contributed by atoms with Crippen LogP contribution in [0.25, 0.3) is 0 Å². The number of nitrogens with zero attached hydrogens (tertiary/aromatic N) is 2. The molecule has 3 aliphatic rings. The number of hydrogen-bond acceptors (Lipinski definition) is 4. The Labute approximate surface area is 176 Å². The second-order valence-corrected chi connectivity index (χ2v) is 8.31. The van der Waals surface area contributed by atoms with E-state index in [2.05, 4.69) is 17.0 Å². The summed E-state index contributed by atoms with van der Waals surface area (Å²) in [5.41, 5.74) is 3.28. The summed E-state index contributed by atoms with van der Waals surface area (Å²) in [6.07, 6.45) is 1.04. The fourth-order valence-corrected chi connectivity index (χ4v) is 4.92. The molecule has 0 saturated carbocycles. The molecule has 3 atom stereocenters. The normalized spacial score (nSPS) is 27.1. The van der Waals surface area contributed by atoms with E-state index >= 15 is 0 Å². The van der Waals surface area contributed by atoms with E-state index in [1.165, 1.54) is 17.7 Å². The quantitative estimate of drug-likeness (QED) is 0.764. The first-order valence-electron chi connectivity index (χ1n) is 10.8. The molecule has 6 heteroatoms. The van der Waals surface area contributed by atoms with E-state index < -0.39 is 6.10 Å². The first-order chi connectivity index (χ1) is 14.7. The number of hydrogen-bond donors (Lipinski definition) is 0. The fraction of sp³-hybridized carbons (Fsp3) is 0.458. The van der Waals surface area contributed by atoms with Gasteiger partial charge in [-0.2, -0.15) is 0 Å². The Hall–Kier alpha value is -2.28. The summed E-state index contributed by atoms with van der Waals surface area (Å²) in [7, 11) is 0. The van der Waals surface area contributed by atoms with Crippen molar-refractivity contribution in [2.45, 2.75) is 31.0 Å². The number of ether oxygens (including phenoxy) is 2. The van der Waals surface area contributed by atoms with Gasteiger partial charge in [0.15, 0.2) is 0 Å². The third kappa shape index (κ3) is 3.75. The molecule has 0 bridgehead atoms. The highest BCUT2D eigenvalue weighted by Crippen LogP contribution is 2.36. The van der Waals surface area contributed by atoms with Crippen LogP contribution in [0.3, 0.4) is 0 Å². The van der Waals surface area contributed by atoms with Gasteiger partial charge in [-0.25, -0.2) is 4.39 Å². The zero-order valence-electron chi connectivity index (χ0n) is 17.0. The van der Waals surface area contributed by atoms with E-state index in [4.69, 9.17) is 9.47 Å². The number of carbonyl (C=O) groups is 1. The zero-order valence-corrected chi connectivity index (χ0v) is 17.0. The molecule has 0 unspecified atom stereocenters. The molecule has 0 N–H and O–H groups in total. The van der Waals surface area contributed by atoms with Crippen LogP contribution in [0, 0.1) is 5.82 Å². The van der Waals surface area contributed by atoms with Crippen LogP contribution in [0.2, 0.25) is 0 Å². The van der Waals surface area contributed by atoms with E-state index in [9.17, 15) is 9.18 Å². The molecule has 1 amide bonds. The number of fused-ring (bicyclic) bond motifs is 2. The average Bonchev–Trinajstić information content (AvgIpc) is 3.01. The monoisotopic (exact) mass is 410 g/mol. The lowest BCUT2D eigenvalue weighted by Crippen LogP contribution is -2.46. The highest BCUT2D eigenvalue weighted by Gasteiger charge is 2.38. The summed E-state index contributed by atoms with van der Waals surface area (Å²) in [5.74, 6) is -0.244. The lowest BCUT2D eigenvalue weighted by atomic mass is 9.87. The van der Waals surface area contributed by atoms with Gasteiger partial charge in [0.1, 0.15) is 11.9 Å². The van der Waals surface area contributed by atoms with Crippen LogP contribution >= 0.6 is 0 Å². The SMILES string of the molecule is O=C([C@H]1CCN2CCOC[C@@H]2CO1)N1CCc2ccccc2[C@@H]1c1ccc(F)cc1. The summed E-state index contributed by atoms with van der Waals surface area (Å²) < 4.78 is 25.3. The van der Waals surface area contributed by atoms with Crippen LogP contribution < -0.4 is 0 Å². The predicted molar refractivity (Wildman–Crippen MR) is 111 cm³/mol. The second kappa shape index (κ2) is 8.46. The smallest absolute Gasteiger partial charge is 0.252 e. The van der Waals surface area contributed by atoms with E-state index in [0.29, 0.717) is 26.2 Å². The Kier molecular flexibility index (Phi) is 5.54. The van der Waals surface area contributed by atoms with Crippen LogP contribution in [0.15, 0.2) is 48.5 Å². The summed E-state index contributed by atoms with van der Waals surface area (Å²) in [6, 6.07) is 14.7. The van der Waals surface area contributed by atoms with Crippen LogP contribution in [0.4, 0.5) is 4.39 Å². The largest absolute Gasteiger partial charge is 0.378 e. The van der Waals surface area contributed by atoms with Gasteiger partial charge in [-0.1, -0.05) is 36.4 Å². The lowest BCUT2D eigenvalue weighted by molar-refractivity contribution is -0.146. The summed E-state index contributed by atoms with van der Waals surface area (Å²) in [4.78, 5) is 18.0. The summed E-state index contributed by atoms with van der Waals surface area (Å²) >= 11 is 0. The van der Waals surface area contributed by atoms with Crippen LogP contribution in [-0.2, 0) is 20.7 Å². The summed E-state index contributed by atoms with van der Waals surface area (Å²) in [5, 5.41) is 0. The molecule has 0 aliphatic carbocycles. The van der Waals surface area contributed by atoms with E-state index in [1.807, 2.05) is 17.0 Å². The molecule has 2 aromatic carbocycles. The molecule has 2 saturated heterocycles. The maximum Gasteiger partial charge on any atom is 0.252 e. The van der Waals surface area contributed by atoms with Crippen molar-refractivity contribution in [3.63, 3.8) is 0 Å². The van der Waals surface area contributed by atoms with Crippen molar-refractivity contribution < 1.29 is 18.7 Å². The standard InChI is InChI=1S/C24H27FN2O3/c25-19-7-5-18(6-8-19)23-21-4-2-1-3-17(21)9-12-27(23)24(28)22-10-11-26-13-14-29-15-20(26)16-30-22/h1-8,20,22-23H,9-16H2/t20-,22-,23+/m1/s1. The van der Waals surface area contributed by atoms with Gasteiger partial charge in [-0.15, -0.1) is 0 Å². The van der Waals surface area contributed by atoms with Crippen molar-refractivity contribution in [3.8, 4) is 0 Å². The molecule has 3 heterocycles. The van der Waals surface area contributed by atoms with Crippen molar-refractivity contribution in [3.05, 3.63) is 71.0 Å². The third-order valence-electron chi connectivity index (χ3n) is 6.55. The van der Waals surface area contributed by atoms with Gasteiger partial charge in [0.2, 0.25) is 0 Å². The van der Waals surface area contributed by atoms with Gasteiger partial charge in [-0.3, -0.25) is 9.69 Å². The Morgan fingerprint density at radius 3 is 2.70 bits per heavy atom. The van der Waals surface area contributed by atoms with Gasteiger partial charge >= 0.3 is 0 Å². The Morgan fingerprint density at radius 1 is 1.00 bits per heavy atom. The zero-order chi connectivity index (χ0) is 20.5. The average molecular weight is 410 g/mol. The van der Waals surface area contributed by atoms with Gasteiger partial charge < -0.3 is 14.4 Å². The first-order valence-corrected chi connectivity index (χ1v) is 10.8. The van der Waals surface area contributed by atoms with Gasteiger partial charge in [0.25, 0.3) is 5.91 Å². The Bertz CT molecular complexity index is 888. The van der Waals surface area contributed by atoms with Gasteiger partial charge in [-0.05, 0) is 41.7 Å². The Balaban J connectivity index is 1.43. The molecule has 5 rings (SSSR count). The van der Waals surface area contributed by atoms with Crippen LogP contribution in [0.1, 0.15) is 29.2 Å². The minimum atomic E-state index is -0.455. The maximum atomic E-state index is 13.6. The van der Waals surface area contributed by atoms with E-state index in [0.717, 1.165) is 37.2 Å². The predicted octanol–water partition coefficient (Wildman–Crippen LogP) is 2.79. The number of amides is 1. The molecule has 30 heavy (non-hydrogen) atoms. The van der Waals surface area contributed by atoms with Crippen molar-refractivity contribution in [1.82, 2.24) is 9.80 Å². The minimum Gasteiger partial charge on any atom is -0.378 e.